The normalized spacial score (nSPS) is 12.8. The molecule has 2 heterocycles. The van der Waals surface area contributed by atoms with E-state index < -0.39 is 0 Å². The third kappa shape index (κ3) is 5.43. The van der Waals surface area contributed by atoms with Crippen LogP contribution in [0.1, 0.15) is 23.6 Å². The van der Waals surface area contributed by atoms with Gasteiger partial charge in [-0.2, -0.15) is 0 Å². The number of benzene rings is 8. The zero-order chi connectivity index (χ0) is 37.9. The van der Waals surface area contributed by atoms with Crippen LogP contribution in [0.4, 0.5) is 0 Å². The minimum absolute atomic E-state index is 0.213. The predicted octanol–water partition coefficient (Wildman–Crippen LogP) is 14.0. The van der Waals surface area contributed by atoms with Crippen LogP contribution in [-0.2, 0) is 5.41 Å². The molecule has 268 valence electrons. The molecule has 0 atom stereocenters. The minimum atomic E-state index is -0.213. The largest absolute Gasteiger partial charge is 0.456 e. The quantitative estimate of drug-likeness (QED) is 0.171. The Labute approximate surface area is 331 Å². The van der Waals surface area contributed by atoms with E-state index in [4.69, 9.17) is 14.4 Å². The van der Waals surface area contributed by atoms with Gasteiger partial charge >= 0.3 is 0 Å². The molecule has 0 N–H and O–H groups in total. The van der Waals surface area contributed by atoms with Crippen LogP contribution in [0.5, 0.6) is 0 Å². The van der Waals surface area contributed by atoms with Crippen LogP contribution in [0.15, 0.2) is 205 Å². The number of hydrogen-bond acceptors (Lipinski definition) is 3. The Morgan fingerprint density at radius 1 is 0.368 bits per heavy atom. The van der Waals surface area contributed by atoms with Crippen molar-refractivity contribution in [2.45, 2.75) is 12.3 Å². The summed E-state index contributed by atoms with van der Waals surface area (Å²) in [5.41, 5.74) is 17.6. The van der Waals surface area contributed by atoms with Crippen LogP contribution < -0.4 is 0 Å². The first-order chi connectivity index (χ1) is 28.1. The molecule has 57 heavy (non-hydrogen) atoms. The van der Waals surface area contributed by atoms with Crippen LogP contribution in [-0.4, -0.2) is 9.97 Å². The van der Waals surface area contributed by atoms with E-state index in [9.17, 15) is 0 Å². The Hall–Kier alpha value is -7.36. The lowest BCUT2D eigenvalue weighted by Gasteiger charge is -2.28. The summed E-state index contributed by atoms with van der Waals surface area (Å²) in [6.07, 6.45) is 0. The first-order valence-corrected chi connectivity index (χ1v) is 19.5. The second-order valence-electron chi connectivity index (χ2n) is 15.1. The van der Waals surface area contributed by atoms with Crippen molar-refractivity contribution in [3.63, 3.8) is 0 Å². The summed E-state index contributed by atoms with van der Waals surface area (Å²) < 4.78 is 6.16. The highest BCUT2D eigenvalue weighted by Crippen LogP contribution is 2.52. The first kappa shape index (κ1) is 33.0. The lowest BCUT2D eigenvalue weighted by atomic mass is 9.74. The summed E-state index contributed by atoms with van der Waals surface area (Å²) >= 11 is 0. The van der Waals surface area contributed by atoms with E-state index in [1.165, 1.54) is 33.4 Å². The van der Waals surface area contributed by atoms with Crippen LogP contribution in [0.25, 0.3) is 89.2 Å². The fourth-order valence-electron chi connectivity index (χ4n) is 8.89. The van der Waals surface area contributed by atoms with Crippen molar-refractivity contribution < 1.29 is 4.42 Å². The Kier molecular flexibility index (Phi) is 7.61. The van der Waals surface area contributed by atoms with E-state index in [1.54, 1.807) is 0 Å². The fraction of sp³-hybridized carbons (Fsp3) is 0.0370. The highest BCUT2D eigenvalue weighted by molar-refractivity contribution is 6.06. The number of fused-ring (bicyclic) bond motifs is 6. The Balaban J connectivity index is 0.962. The molecular formula is C54H36N2O. The maximum atomic E-state index is 6.16. The van der Waals surface area contributed by atoms with Gasteiger partial charge in [-0.25, -0.2) is 9.97 Å². The van der Waals surface area contributed by atoms with Crippen LogP contribution in [0.3, 0.4) is 0 Å². The van der Waals surface area contributed by atoms with Crippen molar-refractivity contribution >= 4 is 21.9 Å². The average Bonchev–Trinajstić information content (AvgIpc) is 3.79. The number of hydrogen-bond donors (Lipinski definition) is 0. The summed E-state index contributed by atoms with van der Waals surface area (Å²) in [5.74, 6) is 0.692. The molecule has 3 heteroatoms. The first-order valence-electron chi connectivity index (χ1n) is 19.5. The number of rotatable bonds is 6. The molecule has 1 aliphatic rings. The van der Waals surface area contributed by atoms with Gasteiger partial charge in [-0.1, -0.05) is 176 Å². The Morgan fingerprint density at radius 3 is 1.61 bits per heavy atom. The van der Waals surface area contributed by atoms with Crippen molar-refractivity contribution in [3.8, 4) is 67.3 Å². The van der Waals surface area contributed by atoms with E-state index in [0.717, 1.165) is 66.7 Å². The summed E-state index contributed by atoms with van der Waals surface area (Å²) in [5, 5.41) is 2.21. The van der Waals surface area contributed by atoms with Gasteiger partial charge in [0, 0.05) is 32.9 Å². The predicted molar refractivity (Wildman–Crippen MR) is 234 cm³/mol. The second kappa shape index (κ2) is 13.1. The molecule has 0 saturated carbocycles. The molecule has 0 fully saturated rings. The van der Waals surface area contributed by atoms with Gasteiger partial charge < -0.3 is 4.42 Å². The number of aromatic nitrogens is 2. The number of furan rings is 1. The number of para-hydroxylation sites is 1. The van der Waals surface area contributed by atoms with E-state index in [0.29, 0.717) is 5.82 Å². The van der Waals surface area contributed by atoms with E-state index in [1.807, 2.05) is 30.3 Å². The molecule has 0 unspecified atom stereocenters. The molecule has 8 aromatic carbocycles. The minimum Gasteiger partial charge on any atom is -0.456 e. The third-order valence-corrected chi connectivity index (χ3v) is 11.8. The maximum absolute atomic E-state index is 6.16. The molecule has 0 saturated heterocycles. The van der Waals surface area contributed by atoms with Gasteiger partial charge in [-0.05, 0) is 81.3 Å². The molecule has 11 rings (SSSR count). The van der Waals surface area contributed by atoms with Gasteiger partial charge in [0.1, 0.15) is 11.2 Å². The molecule has 0 radical (unpaired) electrons. The van der Waals surface area contributed by atoms with E-state index >= 15 is 0 Å². The van der Waals surface area contributed by atoms with Crippen LogP contribution >= 0.6 is 0 Å². The van der Waals surface area contributed by atoms with Crippen LogP contribution in [0, 0.1) is 0 Å². The van der Waals surface area contributed by atoms with Crippen LogP contribution in [0.2, 0.25) is 0 Å². The molecule has 0 amide bonds. The van der Waals surface area contributed by atoms with Gasteiger partial charge in [0.15, 0.2) is 5.82 Å². The molecule has 10 aromatic rings. The summed E-state index contributed by atoms with van der Waals surface area (Å²) in [4.78, 5) is 10.3. The van der Waals surface area contributed by atoms with Crippen molar-refractivity contribution in [2.75, 3.05) is 0 Å². The lowest BCUT2D eigenvalue weighted by molar-refractivity contribution is 0.669. The zero-order valence-corrected chi connectivity index (χ0v) is 31.4. The Bertz CT molecular complexity index is 3080. The Morgan fingerprint density at radius 2 is 0.895 bits per heavy atom. The zero-order valence-electron chi connectivity index (χ0n) is 31.4. The van der Waals surface area contributed by atoms with Gasteiger partial charge in [0.25, 0.3) is 0 Å². The fourth-order valence-corrected chi connectivity index (χ4v) is 8.89. The summed E-state index contributed by atoms with van der Waals surface area (Å²) in [7, 11) is 0. The molecule has 0 aliphatic heterocycles. The molecule has 3 nitrogen and oxygen atoms in total. The van der Waals surface area contributed by atoms with Gasteiger partial charge in [-0.15, -0.1) is 0 Å². The summed E-state index contributed by atoms with van der Waals surface area (Å²) in [6.45, 7) is 2.36. The third-order valence-electron chi connectivity index (χ3n) is 11.8. The standard InChI is InChI=1S/C54H36N2O/c1-54(47-20-10-7-16-42(47)43-17-8-11-21-48(43)54)40-30-27-36(28-31-40)35-23-25-37(26-24-35)49-34-50(56-53(55-49)38-13-3-2-4-14-38)44-18-6-5-15-41(44)39-29-32-52-46(33-39)45-19-9-12-22-51(45)57-52/h2-34H,1H3. The van der Waals surface area contributed by atoms with Gasteiger partial charge in [0.2, 0.25) is 0 Å². The SMILES string of the molecule is CC1(c2ccc(-c3ccc(-c4cc(-c5ccccc5-c5ccc6oc7ccccc7c6c5)nc(-c5ccccc5)n4)cc3)cc2)c2ccccc2-c2ccccc21. The molecule has 0 bridgehead atoms. The lowest BCUT2D eigenvalue weighted by Crippen LogP contribution is -2.22. The van der Waals surface area contributed by atoms with Crippen molar-refractivity contribution in [1.29, 1.82) is 0 Å². The van der Waals surface area contributed by atoms with Gasteiger partial charge in [0.05, 0.1) is 11.4 Å². The molecular weight excluding hydrogens is 693 g/mol. The summed E-state index contributed by atoms with van der Waals surface area (Å²) in [6, 6.07) is 71.1. The van der Waals surface area contributed by atoms with E-state index in [-0.39, 0.29) is 5.41 Å². The highest BCUT2D eigenvalue weighted by atomic mass is 16.3. The van der Waals surface area contributed by atoms with Gasteiger partial charge in [-0.3, -0.25) is 0 Å². The molecule has 0 spiro atoms. The maximum Gasteiger partial charge on any atom is 0.160 e. The molecule has 1 aliphatic carbocycles. The van der Waals surface area contributed by atoms with E-state index in [2.05, 4.69) is 177 Å². The van der Waals surface area contributed by atoms with Crippen molar-refractivity contribution in [3.05, 3.63) is 217 Å². The second-order valence-corrected chi connectivity index (χ2v) is 15.1. The highest BCUT2D eigenvalue weighted by Gasteiger charge is 2.40. The van der Waals surface area contributed by atoms with Crippen molar-refractivity contribution in [1.82, 2.24) is 9.97 Å². The van der Waals surface area contributed by atoms with Crippen molar-refractivity contribution in [2.24, 2.45) is 0 Å². The number of nitrogens with zero attached hydrogens (tertiary/aromatic N) is 2. The molecule has 2 aromatic heterocycles. The smallest absolute Gasteiger partial charge is 0.160 e. The average molecular weight is 729 g/mol. The topological polar surface area (TPSA) is 38.9 Å². The monoisotopic (exact) mass is 728 g/mol.